The van der Waals surface area contributed by atoms with E-state index >= 15 is 0 Å². The summed E-state index contributed by atoms with van der Waals surface area (Å²) in [5, 5.41) is 0.0536. The number of hydrogen-bond acceptors (Lipinski definition) is 5. The van der Waals surface area contributed by atoms with Gasteiger partial charge in [0, 0.05) is 29.2 Å². The normalized spacial score (nSPS) is 11.7. The Balaban J connectivity index is 2.19. The molecule has 0 fully saturated rings. The Hall–Kier alpha value is -2.12. The number of carbonyl (C=O) groups excluding carboxylic acids is 2. The van der Waals surface area contributed by atoms with Gasteiger partial charge < -0.3 is 9.30 Å². The SMILES string of the molecule is Cc1cc(C(=O)COC(=O)c2cc(S(C)(=O)=O)ccc2Cl)c(C)n1C(C)C. The lowest BCUT2D eigenvalue weighted by Crippen LogP contribution is -2.16. The zero-order valence-corrected chi connectivity index (χ0v) is 17.4. The zero-order chi connectivity index (χ0) is 20.5. The average Bonchev–Trinajstić information content (AvgIpc) is 2.86. The summed E-state index contributed by atoms with van der Waals surface area (Å²) in [4.78, 5) is 24.7. The van der Waals surface area contributed by atoms with Crippen LogP contribution in [0.4, 0.5) is 0 Å². The molecule has 0 aliphatic rings. The molecule has 0 bridgehead atoms. The number of carbonyl (C=O) groups is 2. The molecule has 0 amide bonds. The third-order valence-corrected chi connectivity index (χ3v) is 5.66. The first kappa shape index (κ1) is 21.2. The lowest BCUT2D eigenvalue weighted by molar-refractivity contribution is 0.0474. The van der Waals surface area contributed by atoms with Gasteiger partial charge in [-0.2, -0.15) is 0 Å². The predicted molar refractivity (Wildman–Crippen MR) is 103 cm³/mol. The number of nitrogens with zero attached hydrogens (tertiary/aromatic N) is 1. The molecule has 27 heavy (non-hydrogen) atoms. The minimum Gasteiger partial charge on any atom is -0.454 e. The fraction of sp³-hybridized carbons (Fsp3) is 0.368. The van der Waals surface area contributed by atoms with E-state index in [1.165, 1.54) is 12.1 Å². The summed E-state index contributed by atoms with van der Waals surface area (Å²) in [5.41, 5.74) is 2.15. The lowest BCUT2D eigenvalue weighted by Gasteiger charge is -2.13. The summed E-state index contributed by atoms with van der Waals surface area (Å²) in [6, 6.07) is 5.73. The Kier molecular flexibility index (Phi) is 6.17. The summed E-state index contributed by atoms with van der Waals surface area (Å²) in [5.74, 6) is -1.18. The summed E-state index contributed by atoms with van der Waals surface area (Å²) in [6.45, 7) is 7.33. The third kappa shape index (κ3) is 4.59. The van der Waals surface area contributed by atoms with Crippen LogP contribution in [0.25, 0.3) is 0 Å². The Morgan fingerprint density at radius 3 is 2.30 bits per heavy atom. The summed E-state index contributed by atoms with van der Waals surface area (Å²) in [6.07, 6.45) is 1.03. The molecule has 0 unspecified atom stereocenters. The fourth-order valence-corrected chi connectivity index (χ4v) is 3.87. The highest BCUT2D eigenvalue weighted by molar-refractivity contribution is 7.90. The zero-order valence-electron chi connectivity index (χ0n) is 15.9. The standard InChI is InChI=1S/C19H22ClNO5S/c1-11(2)21-12(3)8-15(13(21)4)18(22)10-26-19(23)16-9-14(27(5,24)25)6-7-17(16)20/h6-9,11H,10H2,1-5H3. The molecule has 0 radical (unpaired) electrons. The number of halogens is 1. The van der Waals surface area contributed by atoms with Crippen LogP contribution in [-0.4, -0.2) is 37.6 Å². The molecule has 0 aliphatic carbocycles. The van der Waals surface area contributed by atoms with Crippen LogP contribution in [0.2, 0.25) is 5.02 Å². The molecule has 0 atom stereocenters. The maximum absolute atomic E-state index is 12.5. The average molecular weight is 412 g/mol. The monoisotopic (exact) mass is 411 g/mol. The minimum absolute atomic E-state index is 0.0503. The van der Waals surface area contributed by atoms with Crippen LogP contribution in [0, 0.1) is 13.8 Å². The van der Waals surface area contributed by atoms with E-state index in [0.717, 1.165) is 23.7 Å². The molecule has 146 valence electrons. The molecular weight excluding hydrogens is 390 g/mol. The van der Waals surface area contributed by atoms with Crippen molar-refractivity contribution in [3.8, 4) is 0 Å². The Morgan fingerprint density at radius 1 is 1.15 bits per heavy atom. The van der Waals surface area contributed by atoms with Gasteiger partial charge >= 0.3 is 5.97 Å². The molecule has 0 saturated heterocycles. The van der Waals surface area contributed by atoms with Gasteiger partial charge in [0.05, 0.1) is 15.5 Å². The van der Waals surface area contributed by atoms with Crippen LogP contribution in [0.5, 0.6) is 0 Å². The quantitative estimate of drug-likeness (QED) is 0.533. The smallest absolute Gasteiger partial charge is 0.340 e. The molecule has 1 heterocycles. The van der Waals surface area contributed by atoms with Crippen LogP contribution >= 0.6 is 11.6 Å². The highest BCUT2D eigenvalue weighted by atomic mass is 35.5. The van der Waals surface area contributed by atoms with Crippen molar-refractivity contribution in [2.75, 3.05) is 12.9 Å². The Bertz CT molecular complexity index is 1010. The molecule has 8 heteroatoms. The number of ketones is 1. The van der Waals surface area contributed by atoms with Crippen LogP contribution < -0.4 is 0 Å². The number of rotatable bonds is 6. The number of benzene rings is 1. The number of esters is 1. The van der Waals surface area contributed by atoms with Gasteiger partial charge in [0.15, 0.2) is 16.4 Å². The van der Waals surface area contributed by atoms with Crippen molar-refractivity contribution in [2.24, 2.45) is 0 Å². The van der Waals surface area contributed by atoms with Crippen molar-refractivity contribution in [1.29, 1.82) is 0 Å². The molecule has 1 aromatic heterocycles. The van der Waals surface area contributed by atoms with Crippen molar-refractivity contribution in [1.82, 2.24) is 4.57 Å². The van der Waals surface area contributed by atoms with E-state index in [-0.39, 0.29) is 27.3 Å². The Morgan fingerprint density at radius 2 is 1.78 bits per heavy atom. The molecule has 1 aromatic carbocycles. The van der Waals surface area contributed by atoms with Gasteiger partial charge in [-0.1, -0.05) is 11.6 Å². The first-order valence-electron chi connectivity index (χ1n) is 8.31. The molecule has 2 aromatic rings. The first-order valence-corrected chi connectivity index (χ1v) is 10.6. The summed E-state index contributed by atoms with van der Waals surface area (Å²) < 4.78 is 30.4. The highest BCUT2D eigenvalue weighted by Gasteiger charge is 2.21. The minimum atomic E-state index is -3.50. The van der Waals surface area contributed by atoms with Gasteiger partial charge in [0.2, 0.25) is 5.78 Å². The van der Waals surface area contributed by atoms with E-state index in [1.54, 1.807) is 6.07 Å². The molecule has 2 rings (SSSR count). The lowest BCUT2D eigenvalue weighted by atomic mass is 10.1. The van der Waals surface area contributed by atoms with E-state index in [1.807, 2.05) is 32.3 Å². The second-order valence-corrected chi connectivity index (χ2v) is 9.08. The molecule has 6 nitrogen and oxygen atoms in total. The Labute approximate surface area is 164 Å². The summed E-state index contributed by atoms with van der Waals surface area (Å²) >= 11 is 5.97. The summed E-state index contributed by atoms with van der Waals surface area (Å²) in [7, 11) is -3.50. The number of hydrogen-bond donors (Lipinski definition) is 0. The maximum Gasteiger partial charge on any atom is 0.340 e. The van der Waals surface area contributed by atoms with E-state index in [4.69, 9.17) is 16.3 Å². The van der Waals surface area contributed by atoms with E-state index in [2.05, 4.69) is 0 Å². The van der Waals surface area contributed by atoms with Crippen LogP contribution in [-0.2, 0) is 14.6 Å². The van der Waals surface area contributed by atoms with Crippen LogP contribution in [0.15, 0.2) is 29.2 Å². The molecule has 0 aliphatic heterocycles. The second kappa shape index (κ2) is 7.86. The van der Waals surface area contributed by atoms with Crippen molar-refractivity contribution < 1.29 is 22.7 Å². The van der Waals surface area contributed by atoms with Crippen molar-refractivity contribution in [3.05, 3.63) is 51.8 Å². The number of sulfone groups is 1. The van der Waals surface area contributed by atoms with Crippen molar-refractivity contribution >= 4 is 33.2 Å². The third-order valence-electron chi connectivity index (χ3n) is 4.22. The second-order valence-electron chi connectivity index (χ2n) is 6.66. The van der Waals surface area contributed by atoms with Gasteiger partial charge in [-0.05, 0) is 52.0 Å². The molecule has 0 spiro atoms. The van der Waals surface area contributed by atoms with Gasteiger partial charge in [-0.15, -0.1) is 0 Å². The highest BCUT2D eigenvalue weighted by Crippen LogP contribution is 2.23. The number of Topliss-reactive ketones (excluding diaryl/α,β-unsaturated/α-hetero) is 1. The van der Waals surface area contributed by atoms with Gasteiger partial charge in [0.1, 0.15) is 0 Å². The van der Waals surface area contributed by atoms with Crippen LogP contribution in [0.3, 0.4) is 0 Å². The topological polar surface area (TPSA) is 82.4 Å². The van der Waals surface area contributed by atoms with E-state index in [9.17, 15) is 18.0 Å². The largest absolute Gasteiger partial charge is 0.454 e. The van der Waals surface area contributed by atoms with Gasteiger partial charge in [-0.3, -0.25) is 4.79 Å². The molecule has 0 N–H and O–H groups in total. The van der Waals surface area contributed by atoms with Crippen molar-refractivity contribution in [2.45, 2.75) is 38.6 Å². The van der Waals surface area contributed by atoms with E-state index < -0.39 is 22.4 Å². The number of aromatic nitrogens is 1. The first-order chi connectivity index (χ1) is 12.4. The van der Waals surface area contributed by atoms with E-state index in [0.29, 0.717) is 5.56 Å². The van der Waals surface area contributed by atoms with Gasteiger partial charge in [-0.25, -0.2) is 13.2 Å². The number of aryl methyl sites for hydroxylation is 1. The molecular formula is C19H22ClNO5S. The fourth-order valence-electron chi connectivity index (χ4n) is 3.03. The number of ether oxygens (including phenoxy) is 1. The molecule has 0 saturated carbocycles. The maximum atomic E-state index is 12.5. The predicted octanol–water partition coefficient (Wildman–Crippen LogP) is 3.78. The van der Waals surface area contributed by atoms with Gasteiger partial charge in [0.25, 0.3) is 0 Å². The van der Waals surface area contributed by atoms with Crippen molar-refractivity contribution in [3.63, 3.8) is 0 Å². The van der Waals surface area contributed by atoms with Crippen LogP contribution in [0.1, 0.15) is 52.0 Å².